The fraction of sp³-hybridized carbons (Fsp3) is 0.0500. The molecule has 158 valence electrons. The van der Waals surface area contributed by atoms with E-state index in [-0.39, 0.29) is 10.6 Å². The van der Waals surface area contributed by atoms with E-state index >= 15 is 0 Å². The number of hydrogen-bond acceptors (Lipinski definition) is 7. The van der Waals surface area contributed by atoms with E-state index in [0.717, 1.165) is 12.1 Å². The maximum atomic E-state index is 13.6. The van der Waals surface area contributed by atoms with Gasteiger partial charge in [-0.3, -0.25) is 9.29 Å². The minimum Gasteiger partial charge on any atom is -0.495 e. The van der Waals surface area contributed by atoms with E-state index in [4.69, 9.17) is 4.74 Å². The van der Waals surface area contributed by atoms with Gasteiger partial charge in [0.15, 0.2) is 0 Å². The number of hydrogen-bond donors (Lipinski definition) is 2. The quantitative estimate of drug-likeness (QED) is 0.453. The summed E-state index contributed by atoms with van der Waals surface area (Å²) >= 11 is 0. The Morgan fingerprint density at radius 1 is 1.03 bits per heavy atom. The van der Waals surface area contributed by atoms with Gasteiger partial charge < -0.3 is 10.1 Å². The Hall–Kier alpha value is -3.99. The van der Waals surface area contributed by atoms with Gasteiger partial charge in [0.2, 0.25) is 0 Å². The van der Waals surface area contributed by atoms with Gasteiger partial charge in [0.25, 0.3) is 10.0 Å². The van der Waals surface area contributed by atoms with E-state index in [9.17, 15) is 12.8 Å². The number of rotatable bonds is 7. The van der Waals surface area contributed by atoms with Crippen molar-refractivity contribution >= 4 is 27.2 Å². The van der Waals surface area contributed by atoms with Gasteiger partial charge in [0.1, 0.15) is 40.8 Å². The summed E-state index contributed by atoms with van der Waals surface area (Å²) in [6.45, 7) is 0. The minimum atomic E-state index is -4.05. The lowest BCUT2D eigenvalue weighted by Crippen LogP contribution is -2.14. The summed E-state index contributed by atoms with van der Waals surface area (Å²) in [4.78, 5) is 12.1. The maximum absolute atomic E-state index is 13.6. The van der Waals surface area contributed by atoms with E-state index in [2.05, 4.69) is 25.0 Å². The van der Waals surface area contributed by atoms with Crippen LogP contribution in [0.25, 0.3) is 5.82 Å². The molecule has 4 rings (SSSR count). The Bertz CT molecular complexity index is 1300. The number of imidazole rings is 1. The van der Waals surface area contributed by atoms with Gasteiger partial charge in [-0.2, -0.15) is 0 Å². The molecule has 0 saturated carbocycles. The monoisotopic (exact) mass is 440 g/mol. The average Bonchev–Trinajstić information content (AvgIpc) is 3.30. The van der Waals surface area contributed by atoms with Gasteiger partial charge in [-0.25, -0.2) is 27.8 Å². The van der Waals surface area contributed by atoms with Gasteiger partial charge in [-0.15, -0.1) is 0 Å². The number of methoxy groups -OCH3 is 1. The molecule has 2 aromatic carbocycles. The predicted molar refractivity (Wildman–Crippen MR) is 113 cm³/mol. The third kappa shape index (κ3) is 4.61. The van der Waals surface area contributed by atoms with Crippen molar-refractivity contribution in [1.29, 1.82) is 0 Å². The minimum absolute atomic E-state index is 0.0460. The Balaban J connectivity index is 1.50. The van der Waals surface area contributed by atoms with Crippen molar-refractivity contribution in [2.24, 2.45) is 0 Å². The largest absolute Gasteiger partial charge is 0.495 e. The van der Waals surface area contributed by atoms with Gasteiger partial charge in [0, 0.05) is 29.8 Å². The summed E-state index contributed by atoms with van der Waals surface area (Å²) in [7, 11) is -2.73. The highest BCUT2D eigenvalue weighted by Crippen LogP contribution is 2.27. The van der Waals surface area contributed by atoms with Crippen molar-refractivity contribution in [3.8, 4) is 11.6 Å². The molecule has 9 nitrogen and oxygen atoms in total. The molecule has 0 atom stereocenters. The van der Waals surface area contributed by atoms with Crippen LogP contribution >= 0.6 is 0 Å². The molecular formula is C20H17FN6O3S. The highest BCUT2D eigenvalue weighted by atomic mass is 32.2. The second-order valence-electron chi connectivity index (χ2n) is 6.33. The summed E-state index contributed by atoms with van der Waals surface area (Å²) in [6.07, 6.45) is 6.46. The first kappa shape index (κ1) is 20.3. The Labute approximate surface area is 177 Å². The van der Waals surface area contributed by atoms with Crippen LogP contribution in [-0.2, 0) is 10.0 Å². The number of nitrogens with zero attached hydrogens (tertiary/aromatic N) is 4. The molecule has 4 aromatic rings. The molecule has 2 aromatic heterocycles. The normalized spacial score (nSPS) is 11.2. The summed E-state index contributed by atoms with van der Waals surface area (Å²) in [5.74, 6) is 0.560. The van der Waals surface area contributed by atoms with Crippen LogP contribution in [0.1, 0.15) is 0 Å². The first-order chi connectivity index (χ1) is 14.9. The molecule has 0 spiro atoms. The molecule has 0 amide bonds. The van der Waals surface area contributed by atoms with Gasteiger partial charge >= 0.3 is 0 Å². The highest BCUT2D eigenvalue weighted by molar-refractivity contribution is 7.92. The zero-order valence-electron chi connectivity index (χ0n) is 16.2. The van der Waals surface area contributed by atoms with Crippen molar-refractivity contribution in [3.05, 3.63) is 79.4 Å². The number of sulfonamides is 1. The van der Waals surface area contributed by atoms with Crippen molar-refractivity contribution in [3.63, 3.8) is 0 Å². The van der Waals surface area contributed by atoms with Crippen LogP contribution in [0.4, 0.5) is 21.6 Å². The van der Waals surface area contributed by atoms with Crippen LogP contribution in [0.15, 0.2) is 78.5 Å². The average molecular weight is 440 g/mol. The van der Waals surface area contributed by atoms with Crippen LogP contribution in [-0.4, -0.2) is 35.0 Å². The molecule has 2 N–H and O–H groups in total. The number of benzene rings is 2. The molecule has 0 aliphatic carbocycles. The lowest BCUT2D eigenvalue weighted by molar-refractivity contribution is 0.401. The number of nitrogens with one attached hydrogen (secondary N) is 2. The van der Waals surface area contributed by atoms with E-state index in [1.807, 2.05) is 0 Å². The smallest absolute Gasteiger partial charge is 0.265 e. The molecular weight excluding hydrogens is 423 g/mol. The number of anilines is 3. The SMILES string of the molecule is COc1ccc(F)cc1S(=O)(=O)Nc1ccc(Nc2cc(-n3ccnc3)ncn2)cc1. The molecule has 0 radical (unpaired) electrons. The Kier molecular flexibility index (Phi) is 5.50. The van der Waals surface area contributed by atoms with Gasteiger partial charge in [-0.1, -0.05) is 0 Å². The molecule has 0 aliphatic rings. The topological polar surface area (TPSA) is 111 Å². The van der Waals surface area contributed by atoms with Gasteiger partial charge in [0.05, 0.1) is 7.11 Å². The van der Waals surface area contributed by atoms with Gasteiger partial charge in [-0.05, 0) is 42.5 Å². The fourth-order valence-corrected chi connectivity index (χ4v) is 4.03. The number of aromatic nitrogens is 4. The van der Waals surface area contributed by atoms with E-state index in [0.29, 0.717) is 23.0 Å². The summed E-state index contributed by atoms with van der Waals surface area (Å²) in [6, 6.07) is 11.5. The lowest BCUT2D eigenvalue weighted by atomic mass is 10.3. The second-order valence-corrected chi connectivity index (χ2v) is 7.99. The van der Waals surface area contributed by atoms with Crippen LogP contribution in [0.3, 0.4) is 0 Å². The molecule has 0 fully saturated rings. The summed E-state index contributed by atoms with van der Waals surface area (Å²) in [5, 5.41) is 3.12. The van der Waals surface area contributed by atoms with Crippen molar-refractivity contribution < 1.29 is 17.5 Å². The summed E-state index contributed by atoms with van der Waals surface area (Å²) in [5.41, 5.74) is 0.986. The first-order valence-electron chi connectivity index (χ1n) is 8.98. The van der Waals surface area contributed by atoms with Crippen LogP contribution < -0.4 is 14.8 Å². The molecule has 0 bridgehead atoms. The first-order valence-corrected chi connectivity index (χ1v) is 10.5. The molecule has 0 aliphatic heterocycles. The maximum Gasteiger partial charge on any atom is 0.265 e. The molecule has 31 heavy (non-hydrogen) atoms. The van der Waals surface area contributed by atoms with Crippen LogP contribution in [0.2, 0.25) is 0 Å². The Morgan fingerprint density at radius 3 is 2.52 bits per heavy atom. The predicted octanol–water partition coefficient (Wildman–Crippen LogP) is 3.35. The lowest BCUT2D eigenvalue weighted by Gasteiger charge is -2.12. The van der Waals surface area contributed by atoms with E-state index in [1.54, 1.807) is 53.6 Å². The number of halogens is 1. The van der Waals surface area contributed by atoms with Crippen LogP contribution in [0.5, 0.6) is 5.75 Å². The fourth-order valence-electron chi connectivity index (χ4n) is 2.79. The van der Waals surface area contributed by atoms with E-state index in [1.165, 1.54) is 19.5 Å². The zero-order valence-corrected chi connectivity index (χ0v) is 17.0. The second kappa shape index (κ2) is 8.40. The van der Waals surface area contributed by atoms with Crippen molar-refractivity contribution in [2.75, 3.05) is 17.1 Å². The Morgan fingerprint density at radius 2 is 1.81 bits per heavy atom. The third-order valence-electron chi connectivity index (χ3n) is 4.25. The standard InChI is InChI=1S/C20H17FN6O3S/c1-30-17-7-2-14(21)10-18(17)31(28,29)26-16-5-3-15(4-6-16)25-19-11-20(24-12-23-19)27-9-8-22-13-27/h2-13,26H,1H3,(H,23,24,25). The van der Waals surface area contributed by atoms with Crippen LogP contribution in [0, 0.1) is 5.82 Å². The number of ether oxygens (including phenoxy) is 1. The molecule has 0 saturated heterocycles. The van der Waals surface area contributed by atoms with Crippen molar-refractivity contribution in [2.45, 2.75) is 4.90 Å². The molecule has 2 heterocycles. The molecule has 0 unspecified atom stereocenters. The molecule has 11 heteroatoms. The van der Waals surface area contributed by atoms with E-state index < -0.39 is 15.8 Å². The third-order valence-corrected chi connectivity index (χ3v) is 5.65. The zero-order chi connectivity index (χ0) is 21.8. The highest BCUT2D eigenvalue weighted by Gasteiger charge is 2.20. The van der Waals surface area contributed by atoms with Crippen molar-refractivity contribution in [1.82, 2.24) is 19.5 Å². The summed E-state index contributed by atoms with van der Waals surface area (Å²) < 4.78 is 48.1.